The molecule has 2 rings (SSSR count). The molecule has 1 atom stereocenters. The van der Waals surface area contributed by atoms with Gasteiger partial charge in [0, 0.05) is 6.20 Å². The Morgan fingerprint density at radius 2 is 2.00 bits per heavy atom. The van der Waals surface area contributed by atoms with E-state index in [-0.39, 0.29) is 6.04 Å². The van der Waals surface area contributed by atoms with Crippen LogP contribution in [0.25, 0.3) is 0 Å². The van der Waals surface area contributed by atoms with Crippen LogP contribution >= 0.6 is 12.2 Å². The maximum Gasteiger partial charge on any atom is 0.172 e. The van der Waals surface area contributed by atoms with Gasteiger partial charge in [0.25, 0.3) is 0 Å². The molecule has 0 radical (unpaired) electrons. The number of aromatic nitrogens is 1. The van der Waals surface area contributed by atoms with E-state index in [2.05, 4.69) is 15.6 Å². The van der Waals surface area contributed by atoms with Crippen LogP contribution in [0, 0.1) is 6.92 Å². The monoisotopic (exact) mass is 331 g/mol. The number of methoxy groups -OCH3 is 1. The topological polar surface area (TPSA) is 55.4 Å². The van der Waals surface area contributed by atoms with E-state index in [1.165, 1.54) is 0 Å². The molecule has 0 aliphatic heterocycles. The summed E-state index contributed by atoms with van der Waals surface area (Å²) < 4.78 is 11.0. The Morgan fingerprint density at radius 1 is 1.26 bits per heavy atom. The summed E-state index contributed by atoms with van der Waals surface area (Å²) in [4.78, 5) is 4.22. The number of aryl methyl sites for hydroxylation is 1. The normalized spacial score (nSPS) is 11.4. The van der Waals surface area contributed by atoms with E-state index in [1.54, 1.807) is 13.3 Å². The van der Waals surface area contributed by atoms with Crippen molar-refractivity contribution in [2.75, 3.05) is 19.0 Å². The zero-order valence-electron chi connectivity index (χ0n) is 13.5. The summed E-state index contributed by atoms with van der Waals surface area (Å²) in [5.74, 6) is 2.15. The van der Waals surface area contributed by atoms with E-state index < -0.39 is 0 Å². The van der Waals surface area contributed by atoms with Crippen LogP contribution in [-0.2, 0) is 0 Å². The Kier molecular flexibility index (Phi) is 6.17. The lowest BCUT2D eigenvalue weighted by Gasteiger charge is -2.18. The summed E-state index contributed by atoms with van der Waals surface area (Å²) in [7, 11) is 1.62. The van der Waals surface area contributed by atoms with E-state index in [4.69, 9.17) is 21.7 Å². The second-order valence-corrected chi connectivity index (χ2v) is 5.59. The first-order valence-electron chi connectivity index (χ1n) is 7.34. The number of nitrogens with one attached hydrogen (secondary N) is 2. The van der Waals surface area contributed by atoms with E-state index in [9.17, 15) is 0 Å². The third-order valence-corrected chi connectivity index (χ3v) is 3.31. The zero-order valence-corrected chi connectivity index (χ0v) is 14.3. The molecule has 6 heteroatoms. The lowest BCUT2D eigenvalue weighted by Crippen LogP contribution is -2.39. The van der Waals surface area contributed by atoms with Crippen LogP contribution in [0.1, 0.15) is 12.5 Å². The van der Waals surface area contributed by atoms with Crippen LogP contribution in [0.3, 0.4) is 0 Å². The van der Waals surface area contributed by atoms with Crippen molar-refractivity contribution in [2.24, 2.45) is 0 Å². The van der Waals surface area contributed by atoms with Gasteiger partial charge >= 0.3 is 0 Å². The van der Waals surface area contributed by atoms with E-state index in [1.807, 2.05) is 50.2 Å². The first-order chi connectivity index (χ1) is 11.1. The smallest absolute Gasteiger partial charge is 0.172 e. The van der Waals surface area contributed by atoms with Crippen molar-refractivity contribution in [2.45, 2.75) is 19.9 Å². The number of rotatable bonds is 6. The molecule has 0 spiro atoms. The molecule has 0 bridgehead atoms. The Balaban J connectivity index is 1.82. The molecule has 0 aliphatic carbocycles. The van der Waals surface area contributed by atoms with Crippen LogP contribution in [0.15, 0.2) is 42.6 Å². The molecule has 2 aromatic rings. The van der Waals surface area contributed by atoms with Gasteiger partial charge in [-0.3, -0.25) is 0 Å². The lowest BCUT2D eigenvalue weighted by molar-refractivity contribution is 0.270. The Labute approximate surface area is 142 Å². The van der Waals surface area contributed by atoms with Gasteiger partial charge in [0.1, 0.15) is 12.4 Å². The molecule has 1 heterocycles. The Hall–Kier alpha value is -2.34. The highest BCUT2D eigenvalue weighted by molar-refractivity contribution is 7.80. The third-order valence-electron chi connectivity index (χ3n) is 3.09. The van der Waals surface area contributed by atoms with Crippen LogP contribution in [0.4, 0.5) is 5.82 Å². The van der Waals surface area contributed by atoms with Crippen LogP contribution < -0.4 is 20.1 Å². The van der Waals surface area contributed by atoms with Gasteiger partial charge in [-0.2, -0.15) is 0 Å². The number of benzene rings is 1. The third kappa shape index (κ3) is 5.41. The summed E-state index contributed by atoms with van der Waals surface area (Å²) in [6, 6.07) is 11.5. The predicted octanol–water partition coefficient (Wildman–Crippen LogP) is 3.15. The van der Waals surface area contributed by atoms with Gasteiger partial charge in [-0.25, -0.2) is 4.98 Å². The average molecular weight is 331 g/mol. The van der Waals surface area contributed by atoms with Crippen molar-refractivity contribution in [3.63, 3.8) is 0 Å². The maximum atomic E-state index is 5.77. The molecule has 0 fully saturated rings. The van der Waals surface area contributed by atoms with E-state index >= 15 is 0 Å². The first-order valence-corrected chi connectivity index (χ1v) is 7.75. The molecule has 122 valence electrons. The number of hydrogen-bond acceptors (Lipinski definition) is 4. The zero-order chi connectivity index (χ0) is 16.7. The molecule has 23 heavy (non-hydrogen) atoms. The van der Waals surface area contributed by atoms with Crippen molar-refractivity contribution in [1.82, 2.24) is 10.3 Å². The SMILES string of the molecule is COc1ccccc1OC[C@@H](C)NC(=S)Nc1cc(C)ccn1. The molecule has 5 nitrogen and oxygen atoms in total. The fourth-order valence-electron chi connectivity index (χ4n) is 1.98. The summed E-state index contributed by atoms with van der Waals surface area (Å²) in [5.41, 5.74) is 1.12. The maximum absolute atomic E-state index is 5.77. The highest BCUT2D eigenvalue weighted by atomic mass is 32.1. The second-order valence-electron chi connectivity index (χ2n) is 5.18. The van der Waals surface area contributed by atoms with E-state index in [0.717, 1.165) is 11.4 Å². The van der Waals surface area contributed by atoms with Gasteiger partial charge in [0.05, 0.1) is 13.2 Å². The van der Waals surface area contributed by atoms with Gasteiger partial charge in [0.2, 0.25) is 0 Å². The Bertz CT molecular complexity index is 664. The standard InChI is InChI=1S/C17H21N3O2S/c1-12-8-9-18-16(10-12)20-17(23)19-13(2)11-22-15-7-5-4-6-14(15)21-3/h4-10,13H,11H2,1-3H3,(H2,18,19,20,23)/t13-/m1/s1. The van der Waals surface area contributed by atoms with Crippen molar-refractivity contribution in [1.29, 1.82) is 0 Å². The molecule has 0 aliphatic rings. The number of hydrogen-bond donors (Lipinski definition) is 2. The second kappa shape index (κ2) is 8.33. The highest BCUT2D eigenvalue weighted by Crippen LogP contribution is 2.25. The van der Waals surface area contributed by atoms with Crippen LogP contribution in [-0.4, -0.2) is 29.9 Å². The highest BCUT2D eigenvalue weighted by Gasteiger charge is 2.08. The van der Waals surface area contributed by atoms with Gasteiger partial charge in [-0.15, -0.1) is 0 Å². The largest absolute Gasteiger partial charge is 0.493 e. The van der Waals surface area contributed by atoms with Gasteiger partial charge in [0.15, 0.2) is 16.6 Å². The number of anilines is 1. The molecular formula is C17H21N3O2S. The number of ether oxygens (including phenoxy) is 2. The molecule has 0 unspecified atom stereocenters. The summed E-state index contributed by atoms with van der Waals surface area (Å²) in [6.07, 6.45) is 1.74. The van der Waals surface area contributed by atoms with Gasteiger partial charge < -0.3 is 20.1 Å². The lowest BCUT2D eigenvalue weighted by atomic mass is 10.3. The summed E-state index contributed by atoms with van der Waals surface area (Å²) >= 11 is 5.29. The van der Waals surface area contributed by atoms with Crippen molar-refractivity contribution >= 4 is 23.1 Å². The number of para-hydroxylation sites is 2. The molecule has 0 saturated heterocycles. The number of thiocarbonyl (C=S) groups is 1. The van der Waals surface area contributed by atoms with Crippen molar-refractivity contribution in [3.05, 3.63) is 48.2 Å². The quantitative estimate of drug-likeness (QED) is 0.793. The van der Waals surface area contributed by atoms with Crippen molar-refractivity contribution < 1.29 is 9.47 Å². The molecular weight excluding hydrogens is 310 g/mol. The fourth-order valence-corrected chi connectivity index (χ4v) is 2.28. The summed E-state index contributed by atoms with van der Waals surface area (Å²) in [6.45, 7) is 4.46. The Morgan fingerprint density at radius 3 is 2.70 bits per heavy atom. The minimum Gasteiger partial charge on any atom is -0.493 e. The van der Waals surface area contributed by atoms with Crippen LogP contribution in [0.5, 0.6) is 11.5 Å². The number of nitrogens with zero attached hydrogens (tertiary/aromatic N) is 1. The number of pyridine rings is 1. The predicted molar refractivity (Wildman–Crippen MR) is 96.3 cm³/mol. The average Bonchev–Trinajstić information content (AvgIpc) is 2.53. The molecule has 1 aromatic heterocycles. The van der Waals surface area contributed by atoms with Gasteiger partial charge in [-0.1, -0.05) is 12.1 Å². The minimum absolute atomic E-state index is 0.0321. The van der Waals surface area contributed by atoms with E-state index in [0.29, 0.717) is 23.2 Å². The molecule has 2 N–H and O–H groups in total. The first kappa shape index (κ1) is 17.0. The fraction of sp³-hybridized carbons (Fsp3) is 0.294. The summed E-state index contributed by atoms with van der Waals surface area (Å²) in [5, 5.41) is 6.75. The van der Waals surface area contributed by atoms with Crippen molar-refractivity contribution in [3.8, 4) is 11.5 Å². The molecule has 0 saturated carbocycles. The molecule has 0 amide bonds. The minimum atomic E-state index is 0.0321. The molecule has 1 aromatic carbocycles. The van der Waals surface area contributed by atoms with Crippen LogP contribution in [0.2, 0.25) is 0 Å². The van der Waals surface area contributed by atoms with Gasteiger partial charge in [-0.05, 0) is 55.9 Å².